The van der Waals surface area contributed by atoms with E-state index < -0.39 is 0 Å². The van der Waals surface area contributed by atoms with Gasteiger partial charge in [0.1, 0.15) is 12.0 Å². The zero-order valence-electron chi connectivity index (χ0n) is 12.7. The van der Waals surface area contributed by atoms with Gasteiger partial charge in [0.25, 0.3) is 0 Å². The SMILES string of the molecule is CCCOc1ncnc(NCC(C)C(C)(C)C)c1N. The van der Waals surface area contributed by atoms with E-state index in [1.807, 2.05) is 6.92 Å². The molecule has 0 aliphatic rings. The van der Waals surface area contributed by atoms with Crippen LogP contribution < -0.4 is 15.8 Å². The molecule has 0 spiro atoms. The molecule has 0 bridgehead atoms. The van der Waals surface area contributed by atoms with Crippen molar-refractivity contribution in [3.8, 4) is 5.88 Å². The molecule has 0 radical (unpaired) electrons. The molecule has 5 heteroatoms. The summed E-state index contributed by atoms with van der Waals surface area (Å²) in [6.45, 7) is 12.3. The Balaban J connectivity index is 2.69. The minimum absolute atomic E-state index is 0.246. The largest absolute Gasteiger partial charge is 0.476 e. The zero-order chi connectivity index (χ0) is 14.5. The molecule has 0 aliphatic carbocycles. The number of ether oxygens (including phenoxy) is 1. The highest BCUT2D eigenvalue weighted by Crippen LogP contribution is 2.28. The van der Waals surface area contributed by atoms with Gasteiger partial charge >= 0.3 is 0 Å². The van der Waals surface area contributed by atoms with Gasteiger partial charge in [-0.1, -0.05) is 34.6 Å². The average Bonchev–Trinajstić information content (AvgIpc) is 2.34. The van der Waals surface area contributed by atoms with Crippen molar-refractivity contribution in [2.45, 2.75) is 41.0 Å². The smallest absolute Gasteiger partial charge is 0.242 e. The van der Waals surface area contributed by atoms with Crippen molar-refractivity contribution in [2.24, 2.45) is 11.3 Å². The minimum atomic E-state index is 0.246. The molecule has 1 heterocycles. The summed E-state index contributed by atoms with van der Waals surface area (Å²) < 4.78 is 5.48. The van der Waals surface area contributed by atoms with Crippen LogP contribution in [0.1, 0.15) is 41.0 Å². The minimum Gasteiger partial charge on any atom is -0.476 e. The molecule has 1 atom stereocenters. The van der Waals surface area contributed by atoms with Crippen LogP contribution in [-0.2, 0) is 0 Å². The van der Waals surface area contributed by atoms with Crippen LogP contribution in [0.15, 0.2) is 6.33 Å². The third-order valence-corrected chi connectivity index (χ3v) is 3.34. The van der Waals surface area contributed by atoms with Gasteiger partial charge in [-0.3, -0.25) is 0 Å². The number of nitrogens with two attached hydrogens (primary N) is 1. The van der Waals surface area contributed by atoms with E-state index in [1.54, 1.807) is 0 Å². The Kier molecular flexibility index (Phi) is 5.39. The fourth-order valence-corrected chi connectivity index (χ4v) is 1.39. The summed E-state index contributed by atoms with van der Waals surface area (Å²) in [4.78, 5) is 8.23. The summed E-state index contributed by atoms with van der Waals surface area (Å²) in [7, 11) is 0. The molecule has 0 aliphatic heterocycles. The molecule has 19 heavy (non-hydrogen) atoms. The van der Waals surface area contributed by atoms with Gasteiger partial charge in [0.05, 0.1) is 6.61 Å². The van der Waals surface area contributed by atoms with E-state index >= 15 is 0 Å². The number of nitrogen functional groups attached to an aromatic ring is 1. The number of nitrogens with zero attached hydrogens (tertiary/aromatic N) is 2. The molecule has 0 saturated heterocycles. The Labute approximate surface area is 116 Å². The van der Waals surface area contributed by atoms with Crippen LogP contribution in [0.3, 0.4) is 0 Å². The molecule has 1 aromatic heterocycles. The first-order valence-corrected chi connectivity index (χ1v) is 6.83. The van der Waals surface area contributed by atoms with Crippen molar-refractivity contribution in [3.05, 3.63) is 6.33 Å². The molecule has 1 unspecified atom stereocenters. The van der Waals surface area contributed by atoms with E-state index in [0.29, 0.717) is 29.9 Å². The number of hydrogen-bond donors (Lipinski definition) is 2. The first-order chi connectivity index (χ1) is 8.86. The summed E-state index contributed by atoms with van der Waals surface area (Å²) in [5, 5.41) is 3.28. The fourth-order valence-electron chi connectivity index (χ4n) is 1.39. The Hall–Kier alpha value is -1.52. The van der Waals surface area contributed by atoms with Gasteiger partial charge < -0.3 is 15.8 Å². The molecule has 0 aromatic carbocycles. The van der Waals surface area contributed by atoms with Crippen LogP contribution in [-0.4, -0.2) is 23.1 Å². The highest BCUT2D eigenvalue weighted by molar-refractivity contribution is 5.66. The first-order valence-electron chi connectivity index (χ1n) is 6.83. The van der Waals surface area contributed by atoms with Crippen LogP contribution in [0.5, 0.6) is 5.88 Å². The molecule has 108 valence electrons. The molecular weight excluding hydrogens is 240 g/mol. The third kappa shape index (κ3) is 4.58. The number of nitrogens with one attached hydrogen (secondary N) is 1. The van der Waals surface area contributed by atoms with Crippen molar-refractivity contribution >= 4 is 11.5 Å². The van der Waals surface area contributed by atoms with E-state index in [2.05, 4.69) is 43.0 Å². The predicted octanol–water partition coefficient (Wildman–Crippen LogP) is 2.94. The highest BCUT2D eigenvalue weighted by atomic mass is 16.5. The Bertz CT molecular complexity index is 401. The summed E-state index contributed by atoms with van der Waals surface area (Å²) in [5.41, 5.74) is 6.74. The van der Waals surface area contributed by atoms with Crippen molar-refractivity contribution in [1.82, 2.24) is 9.97 Å². The van der Waals surface area contributed by atoms with Crippen LogP contribution in [0.25, 0.3) is 0 Å². The summed E-state index contributed by atoms with van der Waals surface area (Å²) in [6.07, 6.45) is 2.40. The Morgan fingerprint density at radius 2 is 2.05 bits per heavy atom. The highest BCUT2D eigenvalue weighted by Gasteiger charge is 2.20. The third-order valence-electron chi connectivity index (χ3n) is 3.34. The van der Waals surface area contributed by atoms with Gasteiger partial charge in [-0.2, -0.15) is 4.98 Å². The van der Waals surface area contributed by atoms with E-state index in [0.717, 1.165) is 13.0 Å². The quantitative estimate of drug-likeness (QED) is 0.828. The van der Waals surface area contributed by atoms with Crippen LogP contribution in [0.4, 0.5) is 11.5 Å². The van der Waals surface area contributed by atoms with Crippen molar-refractivity contribution in [1.29, 1.82) is 0 Å². The van der Waals surface area contributed by atoms with E-state index in [9.17, 15) is 0 Å². The van der Waals surface area contributed by atoms with Gasteiger partial charge in [-0.15, -0.1) is 0 Å². The van der Waals surface area contributed by atoms with E-state index in [4.69, 9.17) is 10.5 Å². The predicted molar refractivity (Wildman–Crippen MR) is 79.3 cm³/mol. The molecule has 1 aromatic rings. The molecule has 0 fully saturated rings. The maximum Gasteiger partial charge on any atom is 0.242 e. The molecule has 5 nitrogen and oxygen atoms in total. The van der Waals surface area contributed by atoms with Crippen molar-refractivity contribution in [2.75, 3.05) is 24.2 Å². The lowest BCUT2D eigenvalue weighted by Gasteiger charge is -2.27. The van der Waals surface area contributed by atoms with Gasteiger partial charge in [0.15, 0.2) is 5.82 Å². The second-order valence-electron chi connectivity index (χ2n) is 5.94. The zero-order valence-corrected chi connectivity index (χ0v) is 12.7. The second kappa shape index (κ2) is 6.59. The fraction of sp³-hybridized carbons (Fsp3) is 0.714. The van der Waals surface area contributed by atoms with Crippen LogP contribution in [0.2, 0.25) is 0 Å². The van der Waals surface area contributed by atoms with Crippen molar-refractivity contribution < 1.29 is 4.74 Å². The molecular formula is C14H26N4O. The lowest BCUT2D eigenvalue weighted by atomic mass is 9.82. The van der Waals surface area contributed by atoms with Crippen LogP contribution in [0, 0.1) is 11.3 Å². The number of anilines is 2. The number of rotatable bonds is 6. The maximum atomic E-state index is 6.01. The lowest BCUT2D eigenvalue weighted by Crippen LogP contribution is -2.25. The first kappa shape index (κ1) is 15.5. The lowest BCUT2D eigenvalue weighted by molar-refractivity contribution is 0.274. The summed E-state index contributed by atoms with van der Waals surface area (Å²) >= 11 is 0. The monoisotopic (exact) mass is 266 g/mol. The molecule has 1 rings (SSSR count). The Morgan fingerprint density at radius 1 is 1.37 bits per heavy atom. The van der Waals surface area contributed by atoms with Gasteiger partial charge in [0.2, 0.25) is 5.88 Å². The molecule has 3 N–H and O–H groups in total. The molecule has 0 saturated carbocycles. The topological polar surface area (TPSA) is 73.1 Å². The van der Waals surface area contributed by atoms with Gasteiger partial charge in [-0.05, 0) is 17.8 Å². The van der Waals surface area contributed by atoms with Crippen molar-refractivity contribution in [3.63, 3.8) is 0 Å². The number of aromatic nitrogens is 2. The standard InChI is InChI=1S/C14H26N4O/c1-6-7-19-13-11(15)12(17-9-18-13)16-8-10(2)14(3,4)5/h9-10H,6-8,15H2,1-5H3,(H,16,17,18). The van der Waals surface area contributed by atoms with Gasteiger partial charge in [0, 0.05) is 6.54 Å². The molecule has 0 amide bonds. The normalized spacial score (nSPS) is 13.1. The van der Waals surface area contributed by atoms with Crippen LogP contribution >= 0.6 is 0 Å². The summed E-state index contributed by atoms with van der Waals surface area (Å²) in [6, 6.07) is 0. The summed E-state index contributed by atoms with van der Waals surface area (Å²) in [5.74, 6) is 1.61. The second-order valence-corrected chi connectivity index (χ2v) is 5.94. The van der Waals surface area contributed by atoms with Gasteiger partial charge in [-0.25, -0.2) is 4.98 Å². The maximum absolute atomic E-state index is 6.01. The Morgan fingerprint density at radius 3 is 2.63 bits per heavy atom. The van der Waals surface area contributed by atoms with E-state index in [-0.39, 0.29) is 5.41 Å². The number of hydrogen-bond acceptors (Lipinski definition) is 5. The van der Waals surface area contributed by atoms with E-state index in [1.165, 1.54) is 6.33 Å². The average molecular weight is 266 g/mol.